The summed E-state index contributed by atoms with van der Waals surface area (Å²) < 4.78 is 98.6. The minimum atomic E-state index is -4.77. The van der Waals surface area contributed by atoms with Crippen LogP contribution in [0.4, 0.5) is 22.0 Å². The smallest absolute Gasteiger partial charge is 0.434 e. The molecule has 15 heteroatoms. The largest absolute Gasteiger partial charge is 0.505 e. The van der Waals surface area contributed by atoms with Crippen LogP contribution in [0.15, 0.2) is 68.9 Å². The van der Waals surface area contributed by atoms with E-state index in [1.807, 2.05) is 0 Å². The van der Waals surface area contributed by atoms with Crippen molar-refractivity contribution in [3.05, 3.63) is 82.5 Å². The Morgan fingerprint density at radius 2 is 1.91 bits per heavy atom. The number of halogens is 5. The zero-order valence-corrected chi connectivity index (χ0v) is 25.3. The second-order valence-electron chi connectivity index (χ2n) is 10.1. The van der Waals surface area contributed by atoms with E-state index in [2.05, 4.69) is 15.0 Å². The van der Waals surface area contributed by atoms with Crippen molar-refractivity contribution >= 4 is 28.4 Å². The number of hydrogen-bond acceptors (Lipinski definition) is 7. The number of ether oxygens (including phenoxy) is 1. The van der Waals surface area contributed by atoms with Gasteiger partial charge in [0.05, 0.1) is 23.8 Å². The van der Waals surface area contributed by atoms with Gasteiger partial charge in [-0.15, -0.1) is 0 Å². The predicted molar refractivity (Wildman–Crippen MR) is 159 cm³/mol. The van der Waals surface area contributed by atoms with Gasteiger partial charge in [0.25, 0.3) is 0 Å². The minimum absolute atomic E-state index is 0.0250. The Morgan fingerprint density at radius 1 is 1.20 bits per heavy atom. The van der Waals surface area contributed by atoms with Gasteiger partial charge in [0, 0.05) is 41.2 Å². The van der Waals surface area contributed by atoms with Crippen molar-refractivity contribution < 1.29 is 45.7 Å². The molecule has 0 saturated heterocycles. The van der Waals surface area contributed by atoms with Crippen LogP contribution >= 0.6 is 0 Å². The summed E-state index contributed by atoms with van der Waals surface area (Å²) in [5.41, 5.74) is -0.881. The molecule has 3 aromatic rings. The Kier molecular flexibility index (Phi) is 10.0. The molecule has 1 aliphatic heterocycles. The van der Waals surface area contributed by atoms with Gasteiger partial charge in [0.1, 0.15) is 23.1 Å². The third kappa shape index (κ3) is 7.21. The minimum Gasteiger partial charge on any atom is -0.505 e. The quantitative estimate of drug-likeness (QED) is 0.106. The van der Waals surface area contributed by atoms with Crippen LogP contribution in [0.5, 0.6) is 0 Å². The highest BCUT2D eigenvalue weighted by atomic mass is 32.2. The monoisotopic (exact) mass is 652 g/mol. The fraction of sp³-hybridized carbons (Fsp3) is 0.300. The van der Waals surface area contributed by atoms with Crippen molar-refractivity contribution in [2.75, 3.05) is 6.61 Å². The highest BCUT2D eigenvalue weighted by molar-refractivity contribution is 7.79. The molecule has 4 rings (SSSR count). The van der Waals surface area contributed by atoms with E-state index in [9.17, 15) is 40.9 Å². The van der Waals surface area contributed by atoms with Gasteiger partial charge in [-0.05, 0) is 63.1 Å². The van der Waals surface area contributed by atoms with Gasteiger partial charge in [-0.25, -0.2) is 23.0 Å². The first-order valence-corrected chi connectivity index (χ1v) is 14.6. The van der Waals surface area contributed by atoms with Crippen molar-refractivity contribution in [1.82, 2.24) is 9.55 Å². The number of hydrogen-bond donors (Lipinski definition) is 3. The van der Waals surface area contributed by atoms with Gasteiger partial charge in [0.15, 0.2) is 22.9 Å². The maximum atomic E-state index is 14.9. The molecule has 0 saturated carbocycles. The molecule has 9 nitrogen and oxygen atoms in total. The molecule has 2 heterocycles. The Bertz CT molecular complexity index is 1770. The van der Waals surface area contributed by atoms with Crippen LogP contribution in [-0.2, 0) is 28.6 Å². The molecule has 0 spiro atoms. The van der Waals surface area contributed by atoms with Crippen molar-refractivity contribution in [2.24, 2.45) is 9.98 Å². The first-order chi connectivity index (χ1) is 21.2. The third-order valence-electron chi connectivity index (χ3n) is 6.69. The fourth-order valence-electron chi connectivity index (χ4n) is 4.66. The van der Waals surface area contributed by atoms with E-state index in [1.54, 1.807) is 20.8 Å². The second kappa shape index (κ2) is 13.4. The van der Waals surface area contributed by atoms with Crippen molar-refractivity contribution in [1.29, 1.82) is 0 Å². The molecule has 1 aliphatic rings. The molecule has 0 amide bonds. The van der Waals surface area contributed by atoms with Crippen molar-refractivity contribution in [3.63, 3.8) is 0 Å². The van der Waals surface area contributed by atoms with E-state index < -0.39 is 47.3 Å². The molecule has 0 fully saturated rings. The summed E-state index contributed by atoms with van der Waals surface area (Å²) in [5.74, 6) is -1.73. The van der Waals surface area contributed by atoms with Gasteiger partial charge >= 0.3 is 6.18 Å². The summed E-state index contributed by atoms with van der Waals surface area (Å²) in [5, 5.41) is 21.0. The molecule has 240 valence electrons. The highest BCUT2D eigenvalue weighted by Gasteiger charge is 2.35. The number of nitrogens with zero attached hydrogens (tertiary/aromatic N) is 4. The Morgan fingerprint density at radius 3 is 2.47 bits per heavy atom. The van der Waals surface area contributed by atoms with Gasteiger partial charge in [-0.2, -0.15) is 13.2 Å². The highest BCUT2D eigenvalue weighted by Crippen LogP contribution is 2.37. The summed E-state index contributed by atoms with van der Waals surface area (Å²) in [7, 11) is 0. The number of rotatable bonds is 8. The lowest BCUT2D eigenvalue weighted by atomic mass is 9.96. The molecule has 0 aliphatic carbocycles. The molecule has 1 aromatic heterocycles. The van der Waals surface area contributed by atoms with E-state index in [-0.39, 0.29) is 68.9 Å². The molecule has 2 aromatic carbocycles. The molecular weight excluding hydrogens is 623 g/mol. The number of aryl methyl sites for hydroxylation is 1. The lowest BCUT2D eigenvalue weighted by Gasteiger charge is -2.20. The van der Waals surface area contributed by atoms with Crippen LogP contribution in [-0.4, -0.2) is 52.9 Å². The lowest BCUT2D eigenvalue weighted by Crippen LogP contribution is -2.23. The summed E-state index contributed by atoms with van der Waals surface area (Å²) in [6.45, 7) is 5.53. The number of aliphatic hydroxyl groups excluding tert-OH is 2. The Labute approximate surface area is 257 Å². The van der Waals surface area contributed by atoms with Crippen LogP contribution in [0.25, 0.3) is 22.5 Å². The molecule has 3 N–H and O–H groups in total. The van der Waals surface area contributed by atoms with Crippen LogP contribution in [0.2, 0.25) is 0 Å². The van der Waals surface area contributed by atoms with Crippen LogP contribution in [0, 0.1) is 12.7 Å². The number of benzene rings is 2. The number of aromatic nitrogens is 2. The molecule has 0 bridgehead atoms. The van der Waals surface area contributed by atoms with Gasteiger partial charge in [0.2, 0.25) is 5.90 Å². The van der Waals surface area contributed by atoms with Crippen molar-refractivity contribution in [2.45, 2.75) is 58.0 Å². The van der Waals surface area contributed by atoms with Gasteiger partial charge in [-0.3, -0.25) is 4.99 Å². The second-order valence-corrected chi connectivity index (χ2v) is 11.0. The molecular formula is C30H29F5N4O5S. The molecule has 45 heavy (non-hydrogen) atoms. The van der Waals surface area contributed by atoms with Gasteiger partial charge < -0.3 is 24.1 Å². The van der Waals surface area contributed by atoms with Crippen LogP contribution < -0.4 is 0 Å². The molecule has 2 atom stereocenters. The Hall–Kier alpha value is -4.21. The summed E-state index contributed by atoms with van der Waals surface area (Å²) in [6.07, 6.45) is -4.83. The number of aliphatic imine (C=N–C) groups is 2. The van der Waals surface area contributed by atoms with E-state index >= 15 is 0 Å². The Balaban J connectivity index is 2.05. The SMILES string of the molecule is CCOC1=NC=C(C(O)=C(N=C(C)C)c2cc(-c3cc(F)c(CO)c(S(=O)O)c3)ccc2-n2cc(C(F)(F)F)nc2C)CC1F. The lowest BCUT2D eigenvalue weighted by molar-refractivity contribution is -0.141. The number of aliphatic hydroxyl groups is 2. The maximum Gasteiger partial charge on any atom is 0.434 e. The fourth-order valence-corrected chi connectivity index (χ4v) is 5.26. The van der Waals surface area contributed by atoms with Crippen molar-refractivity contribution in [3.8, 4) is 16.8 Å². The normalized spacial score (nSPS) is 16.5. The van der Waals surface area contributed by atoms with E-state index in [1.165, 1.54) is 37.4 Å². The molecule has 0 radical (unpaired) electrons. The molecule has 2 unspecified atom stereocenters. The zero-order valence-electron chi connectivity index (χ0n) is 24.5. The average Bonchev–Trinajstić information content (AvgIpc) is 3.37. The van der Waals surface area contributed by atoms with E-state index in [0.717, 1.165) is 16.8 Å². The third-order valence-corrected chi connectivity index (χ3v) is 7.43. The van der Waals surface area contributed by atoms with Gasteiger partial charge in [-0.1, -0.05) is 6.07 Å². The summed E-state index contributed by atoms with van der Waals surface area (Å²) in [4.78, 5) is 11.7. The average molecular weight is 653 g/mol. The number of imidazole rings is 1. The maximum absolute atomic E-state index is 14.9. The topological polar surface area (TPSA) is 130 Å². The predicted octanol–water partition coefficient (Wildman–Crippen LogP) is 6.85. The summed E-state index contributed by atoms with van der Waals surface area (Å²) in [6, 6.07) is 6.41. The number of allylic oxidation sites excluding steroid dienone is 1. The summed E-state index contributed by atoms with van der Waals surface area (Å²) >= 11 is -2.67. The van der Waals surface area contributed by atoms with E-state index in [4.69, 9.17) is 4.74 Å². The van der Waals surface area contributed by atoms with E-state index in [0.29, 0.717) is 5.71 Å². The first-order valence-electron chi connectivity index (χ1n) is 13.5. The van der Waals surface area contributed by atoms with Crippen LogP contribution in [0.1, 0.15) is 49.8 Å². The number of alkyl halides is 4. The zero-order chi connectivity index (χ0) is 33.2. The standard InChI is InChI=1S/C30H29F5N4O5S/c1-5-44-29-23(32)10-19(12-36-29)28(41)27(37-15(2)3)20-8-17(18-9-22(31)21(14-40)25(11-18)45(42)43)6-7-24(20)39-13-26(30(33,34)35)38-16(39)4/h6-9,11-13,23,40-41H,5,10,14H2,1-4H3,(H,42,43). The van der Waals surface area contributed by atoms with Crippen LogP contribution in [0.3, 0.4) is 0 Å². The first kappa shape index (κ1) is 33.7.